The molecule has 0 atom stereocenters. The van der Waals surface area contributed by atoms with Crippen molar-refractivity contribution in [3.63, 3.8) is 0 Å². The Hall–Kier alpha value is -0.810. The number of hydrogen-bond donors (Lipinski definition) is 0. The lowest BCUT2D eigenvalue weighted by atomic mass is 10.4. The summed E-state index contributed by atoms with van der Waals surface area (Å²) in [5, 5.41) is 0. The van der Waals surface area contributed by atoms with Gasteiger partial charge in [-0.05, 0) is 32.2 Å². The van der Waals surface area contributed by atoms with Gasteiger partial charge in [0.2, 0.25) is 0 Å². The lowest BCUT2D eigenvalue weighted by Gasteiger charge is -2.13. The predicted molar refractivity (Wildman–Crippen MR) is 73.1 cm³/mol. The number of allylic oxidation sites excluding steroid dienone is 2. The molecular formula is C11H16N2OS2. The first-order valence-corrected chi connectivity index (χ1v) is 6.45. The minimum Gasteiger partial charge on any atom is -0.378 e. The topological polar surface area (TPSA) is 23.6 Å². The molecule has 0 spiro atoms. The average Bonchev–Trinajstić information content (AvgIpc) is 2.52. The molecule has 0 saturated carbocycles. The number of carbonyl (C=O) groups is 1. The molecule has 1 saturated heterocycles. The molecule has 1 heterocycles. The molecule has 1 rings (SSSR count). The van der Waals surface area contributed by atoms with Crippen molar-refractivity contribution in [2.24, 2.45) is 0 Å². The van der Waals surface area contributed by atoms with Gasteiger partial charge >= 0.3 is 0 Å². The van der Waals surface area contributed by atoms with Crippen molar-refractivity contribution in [1.82, 2.24) is 9.80 Å². The van der Waals surface area contributed by atoms with Gasteiger partial charge < -0.3 is 4.90 Å². The van der Waals surface area contributed by atoms with Crippen LogP contribution in [0.1, 0.15) is 13.8 Å². The normalized spacial score (nSPS) is 19.2. The van der Waals surface area contributed by atoms with E-state index in [0.29, 0.717) is 9.23 Å². The summed E-state index contributed by atoms with van der Waals surface area (Å²) in [6.07, 6.45) is 5.71. The fraction of sp³-hybridized carbons (Fsp3) is 0.455. The molecule has 0 N–H and O–H groups in total. The van der Waals surface area contributed by atoms with Gasteiger partial charge in [-0.3, -0.25) is 9.69 Å². The molecule has 0 radical (unpaired) electrons. The lowest BCUT2D eigenvalue weighted by Crippen LogP contribution is -2.22. The number of thiocarbonyl (C=S) groups is 1. The molecule has 1 aliphatic rings. The Morgan fingerprint density at radius 2 is 2.06 bits per heavy atom. The summed E-state index contributed by atoms with van der Waals surface area (Å²) >= 11 is 6.38. The first-order chi connectivity index (χ1) is 7.60. The molecule has 0 bridgehead atoms. The Morgan fingerprint density at radius 3 is 2.50 bits per heavy atom. The van der Waals surface area contributed by atoms with Gasteiger partial charge in [-0.25, -0.2) is 0 Å². The Balaban J connectivity index is 2.65. The molecule has 5 heteroatoms. The molecule has 0 aliphatic carbocycles. The number of amides is 1. The fourth-order valence-electron chi connectivity index (χ4n) is 1.25. The van der Waals surface area contributed by atoms with Crippen molar-refractivity contribution in [3.8, 4) is 0 Å². The van der Waals surface area contributed by atoms with E-state index in [2.05, 4.69) is 18.7 Å². The van der Waals surface area contributed by atoms with Gasteiger partial charge in [-0.15, -0.1) is 0 Å². The van der Waals surface area contributed by atoms with Crippen LogP contribution in [0.2, 0.25) is 0 Å². The van der Waals surface area contributed by atoms with E-state index in [1.165, 1.54) is 16.7 Å². The highest BCUT2D eigenvalue weighted by atomic mass is 32.2. The van der Waals surface area contributed by atoms with Crippen molar-refractivity contribution < 1.29 is 4.79 Å². The SMILES string of the molecule is CCN(/C=C/C=C1/SC(=S)N(C)C1=O)CC. The third-order valence-corrected chi connectivity index (χ3v) is 3.85. The van der Waals surface area contributed by atoms with Crippen LogP contribution >= 0.6 is 24.0 Å². The predicted octanol–water partition coefficient (Wildman–Crippen LogP) is 2.22. The Morgan fingerprint density at radius 1 is 1.44 bits per heavy atom. The quantitative estimate of drug-likeness (QED) is 0.568. The summed E-state index contributed by atoms with van der Waals surface area (Å²) < 4.78 is 0.618. The van der Waals surface area contributed by atoms with E-state index in [-0.39, 0.29) is 5.91 Å². The number of nitrogens with zero attached hydrogens (tertiary/aromatic N) is 2. The maximum Gasteiger partial charge on any atom is 0.265 e. The number of rotatable bonds is 4. The highest BCUT2D eigenvalue weighted by molar-refractivity contribution is 8.26. The zero-order valence-corrected chi connectivity index (χ0v) is 11.4. The first-order valence-electron chi connectivity index (χ1n) is 5.22. The zero-order chi connectivity index (χ0) is 12.1. The first kappa shape index (κ1) is 13.3. The molecule has 0 aromatic heterocycles. The van der Waals surface area contributed by atoms with E-state index in [0.717, 1.165) is 13.1 Å². The molecule has 1 amide bonds. The van der Waals surface area contributed by atoms with Crippen LogP contribution in [0, 0.1) is 0 Å². The minimum absolute atomic E-state index is 0.0146. The van der Waals surface area contributed by atoms with Crippen LogP contribution < -0.4 is 0 Å². The summed E-state index contributed by atoms with van der Waals surface area (Å²) in [4.78, 5) is 16.0. The van der Waals surface area contributed by atoms with Gasteiger partial charge in [0, 0.05) is 20.1 Å². The lowest BCUT2D eigenvalue weighted by molar-refractivity contribution is -0.121. The van der Waals surface area contributed by atoms with Crippen LogP contribution in [0.4, 0.5) is 0 Å². The van der Waals surface area contributed by atoms with E-state index >= 15 is 0 Å². The maximum atomic E-state index is 11.6. The van der Waals surface area contributed by atoms with Gasteiger partial charge in [0.05, 0.1) is 4.91 Å². The molecule has 1 aliphatic heterocycles. The van der Waals surface area contributed by atoms with E-state index < -0.39 is 0 Å². The number of thioether (sulfide) groups is 1. The standard InChI is InChI=1S/C11H16N2OS2/c1-4-13(5-2)8-6-7-9-10(14)12(3)11(15)16-9/h6-8H,4-5H2,1-3H3/b8-6+,9-7+. The monoisotopic (exact) mass is 256 g/mol. The van der Waals surface area contributed by atoms with Gasteiger partial charge in [-0.2, -0.15) is 0 Å². The largest absolute Gasteiger partial charge is 0.378 e. The molecule has 0 unspecified atom stereocenters. The van der Waals surface area contributed by atoms with Gasteiger partial charge in [-0.1, -0.05) is 24.0 Å². The molecule has 0 aromatic rings. The highest BCUT2D eigenvalue weighted by Crippen LogP contribution is 2.29. The number of hydrogen-bond acceptors (Lipinski definition) is 4. The van der Waals surface area contributed by atoms with E-state index in [1.54, 1.807) is 7.05 Å². The second kappa shape index (κ2) is 6.06. The van der Waals surface area contributed by atoms with Crippen LogP contribution in [-0.4, -0.2) is 40.2 Å². The van der Waals surface area contributed by atoms with Crippen molar-refractivity contribution >= 4 is 34.2 Å². The van der Waals surface area contributed by atoms with Crippen molar-refractivity contribution in [2.45, 2.75) is 13.8 Å². The molecule has 88 valence electrons. The maximum absolute atomic E-state index is 11.6. The number of carbonyl (C=O) groups excluding carboxylic acids is 1. The summed E-state index contributed by atoms with van der Waals surface area (Å²) in [5.41, 5.74) is 0. The third-order valence-electron chi connectivity index (χ3n) is 2.34. The minimum atomic E-state index is -0.0146. The second-order valence-electron chi connectivity index (χ2n) is 3.33. The molecular weight excluding hydrogens is 240 g/mol. The zero-order valence-electron chi connectivity index (χ0n) is 9.77. The van der Waals surface area contributed by atoms with E-state index in [1.807, 2.05) is 18.4 Å². The smallest absolute Gasteiger partial charge is 0.265 e. The fourth-order valence-corrected chi connectivity index (χ4v) is 2.38. The summed E-state index contributed by atoms with van der Waals surface area (Å²) in [7, 11) is 1.70. The molecule has 1 fully saturated rings. The van der Waals surface area contributed by atoms with Crippen molar-refractivity contribution in [1.29, 1.82) is 0 Å². The van der Waals surface area contributed by atoms with E-state index in [4.69, 9.17) is 12.2 Å². The van der Waals surface area contributed by atoms with Crippen LogP contribution in [0.25, 0.3) is 0 Å². The second-order valence-corrected chi connectivity index (χ2v) is 5.00. The van der Waals surface area contributed by atoms with Crippen LogP contribution in [-0.2, 0) is 4.79 Å². The molecule has 0 aromatic carbocycles. The molecule has 3 nitrogen and oxygen atoms in total. The Labute approximate surface area is 106 Å². The van der Waals surface area contributed by atoms with Crippen LogP contribution in [0.3, 0.4) is 0 Å². The summed E-state index contributed by atoms with van der Waals surface area (Å²) in [6, 6.07) is 0. The van der Waals surface area contributed by atoms with Crippen molar-refractivity contribution in [3.05, 3.63) is 23.3 Å². The highest BCUT2D eigenvalue weighted by Gasteiger charge is 2.27. The van der Waals surface area contributed by atoms with E-state index in [9.17, 15) is 4.79 Å². The van der Waals surface area contributed by atoms with Gasteiger partial charge in [0.15, 0.2) is 0 Å². The number of likely N-dealkylation sites (N-methyl/N-ethyl adjacent to an activating group) is 1. The Bertz CT molecular complexity index is 346. The molecule has 16 heavy (non-hydrogen) atoms. The summed E-state index contributed by atoms with van der Waals surface area (Å²) in [5.74, 6) is -0.0146. The van der Waals surface area contributed by atoms with Crippen LogP contribution in [0.5, 0.6) is 0 Å². The van der Waals surface area contributed by atoms with Gasteiger partial charge in [0.25, 0.3) is 5.91 Å². The van der Waals surface area contributed by atoms with Gasteiger partial charge in [0.1, 0.15) is 4.32 Å². The summed E-state index contributed by atoms with van der Waals surface area (Å²) in [6.45, 7) is 6.13. The average molecular weight is 256 g/mol. The van der Waals surface area contributed by atoms with Crippen molar-refractivity contribution in [2.75, 3.05) is 20.1 Å². The third kappa shape index (κ3) is 3.09. The Kier molecular flexibility index (Phi) is 5.02. The van der Waals surface area contributed by atoms with Crippen LogP contribution in [0.15, 0.2) is 23.3 Å².